The van der Waals surface area contributed by atoms with E-state index in [0.717, 1.165) is 36.0 Å². The van der Waals surface area contributed by atoms with Crippen LogP contribution in [0.2, 0.25) is 0 Å². The number of methoxy groups -OCH3 is 2. The molecule has 0 bridgehead atoms. The number of piperazine rings is 1. The third-order valence-corrected chi connectivity index (χ3v) is 11.6. The Hall–Kier alpha value is -4.74. The first-order chi connectivity index (χ1) is 23.7. The molecule has 0 N–H and O–H groups in total. The average Bonchev–Trinajstić information content (AvgIpc) is 3.88. The summed E-state index contributed by atoms with van der Waals surface area (Å²) in [4.78, 5) is 26.5. The second-order valence-corrected chi connectivity index (χ2v) is 14.4. The number of carbonyl (C=O) groups is 1. The fraction of sp³-hybridized carbons (Fsp3) is 0.361. The van der Waals surface area contributed by atoms with Crippen LogP contribution in [0, 0.1) is 11.3 Å². The number of benzene rings is 3. The quantitative estimate of drug-likeness (QED) is 0.253. The second kappa shape index (κ2) is 12.9. The number of oxazole rings is 1. The molecule has 2 saturated heterocycles. The number of sulfonamides is 1. The standard InChI is InChI=1S/C36H38N6O6S/c1-39-16-18-40(19-17-39)24-26-6-12-29(33(22-26)47-3)36(41-15-4-5-32(41)34-38-14-20-48-34)30-21-25(23-37)7-13-31(30)42(35(36)43)49(44,45)28-10-8-27(46-2)9-11-28/h6-14,20-22,32H,4-5,15-19,24H2,1-3H3/t32-,36?/m0/s1. The van der Waals surface area contributed by atoms with Gasteiger partial charge >= 0.3 is 0 Å². The Morgan fingerprint density at radius 2 is 1.76 bits per heavy atom. The van der Waals surface area contributed by atoms with Crippen molar-refractivity contribution in [3.8, 4) is 17.6 Å². The van der Waals surface area contributed by atoms with Crippen LogP contribution < -0.4 is 13.8 Å². The van der Waals surface area contributed by atoms with E-state index in [1.54, 1.807) is 37.6 Å². The molecule has 7 rings (SSSR count). The van der Waals surface area contributed by atoms with Gasteiger partial charge in [0, 0.05) is 50.4 Å². The minimum Gasteiger partial charge on any atom is -0.497 e. The first-order valence-electron chi connectivity index (χ1n) is 16.2. The van der Waals surface area contributed by atoms with Gasteiger partial charge in [-0.15, -0.1) is 0 Å². The summed E-state index contributed by atoms with van der Waals surface area (Å²) in [7, 11) is 0.717. The Morgan fingerprint density at radius 1 is 0.980 bits per heavy atom. The fourth-order valence-corrected chi connectivity index (χ4v) is 8.91. The summed E-state index contributed by atoms with van der Waals surface area (Å²) < 4.78 is 47.2. The van der Waals surface area contributed by atoms with Crippen LogP contribution in [0.4, 0.5) is 5.69 Å². The Kier molecular flexibility index (Phi) is 8.66. The predicted octanol–water partition coefficient (Wildman–Crippen LogP) is 4.13. The molecule has 0 saturated carbocycles. The van der Waals surface area contributed by atoms with Crippen molar-refractivity contribution in [3.05, 3.63) is 101 Å². The highest BCUT2D eigenvalue weighted by molar-refractivity contribution is 7.93. The lowest BCUT2D eigenvalue weighted by Crippen LogP contribution is -2.54. The Morgan fingerprint density at radius 3 is 2.43 bits per heavy atom. The van der Waals surface area contributed by atoms with Crippen molar-refractivity contribution in [3.63, 3.8) is 0 Å². The molecule has 0 spiro atoms. The molecule has 4 aromatic rings. The zero-order valence-electron chi connectivity index (χ0n) is 27.7. The number of hydrogen-bond donors (Lipinski definition) is 0. The van der Waals surface area contributed by atoms with Crippen molar-refractivity contribution >= 4 is 21.6 Å². The number of fused-ring (bicyclic) bond motifs is 1. The zero-order chi connectivity index (χ0) is 34.3. The van der Waals surface area contributed by atoms with Gasteiger partial charge in [-0.3, -0.25) is 14.6 Å². The van der Waals surface area contributed by atoms with Gasteiger partial charge in [-0.25, -0.2) is 17.7 Å². The summed E-state index contributed by atoms with van der Waals surface area (Å²) in [6.07, 6.45) is 4.37. The number of ether oxygens (including phenoxy) is 2. The summed E-state index contributed by atoms with van der Waals surface area (Å²) in [5, 5.41) is 10.1. The third-order valence-electron chi connectivity index (χ3n) is 9.90. The van der Waals surface area contributed by atoms with Crippen LogP contribution in [0.5, 0.6) is 11.5 Å². The van der Waals surface area contributed by atoms with Crippen molar-refractivity contribution in [2.75, 3.05) is 58.3 Å². The SMILES string of the molecule is COc1ccc(S(=O)(=O)N2C(=O)C(c3ccc(CN4CCN(C)CC4)cc3OC)(N3CCC[C@H]3c3ncco3)c3cc(C#N)ccc32)cc1. The topological polar surface area (TPSA) is 132 Å². The average molecular weight is 683 g/mol. The van der Waals surface area contributed by atoms with Crippen molar-refractivity contribution in [1.29, 1.82) is 5.26 Å². The molecule has 3 aliphatic heterocycles. The monoisotopic (exact) mass is 682 g/mol. The number of rotatable bonds is 9. The molecule has 13 heteroatoms. The van der Waals surface area contributed by atoms with E-state index in [4.69, 9.17) is 13.9 Å². The Labute approximate surface area is 286 Å². The zero-order valence-corrected chi connectivity index (χ0v) is 28.5. The van der Waals surface area contributed by atoms with E-state index in [0.29, 0.717) is 54.4 Å². The Bertz CT molecular complexity index is 2000. The first-order valence-corrected chi connectivity index (χ1v) is 17.7. The number of anilines is 1. The molecule has 2 atom stereocenters. The molecule has 3 aliphatic rings. The second-order valence-electron chi connectivity index (χ2n) is 12.6. The van der Waals surface area contributed by atoms with Gasteiger partial charge in [-0.05, 0) is 74.0 Å². The van der Waals surface area contributed by atoms with E-state index in [2.05, 4.69) is 27.9 Å². The van der Waals surface area contributed by atoms with Crippen LogP contribution in [0.15, 0.2) is 82.4 Å². The summed E-state index contributed by atoms with van der Waals surface area (Å²) in [6.45, 7) is 4.92. The van der Waals surface area contributed by atoms with Crippen molar-refractivity contribution < 1.29 is 27.1 Å². The fourth-order valence-electron chi connectivity index (χ4n) is 7.45. The highest BCUT2D eigenvalue weighted by Gasteiger charge is 2.62. The summed E-state index contributed by atoms with van der Waals surface area (Å²) in [5.41, 5.74) is 0.597. The van der Waals surface area contributed by atoms with Gasteiger partial charge in [0.15, 0.2) is 5.54 Å². The van der Waals surface area contributed by atoms with Gasteiger partial charge in [0.25, 0.3) is 15.9 Å². The number of nitrogens with zero attached hydrogens (tertiary/aromatic N) is 6. The molecular formula is C36H38N6O6S. The van der Waals surface area contributed by atoms with E-state index >= 15 is 4.79 Å². The highest BCUT2D eigenvalue weighted by Crippen LogP contribution is 2.56. The summed E-state index contributed by atoms with van der Waals surface area (Å²) in [6, 6.07) is 18.1. The summed E-state index contributed by atoms with van der Waals surface area (Å²) >= 11 is 0. The van der Waals surface area contributed by atoms with Gasteiger partial charge in [0.2, 0.25) is 5.89 Å². The summed E-state index contributed by atoms with van der Waals surface area (Å²) in [5.74, 6) is 0.643. The maximum absolute atomic E-state index is 15.5. The lowest BCUT2D eigenvalue weighted by Gasteiger charge is -2.41. The van der Waals surface area contributed by atoms with E-state index in [-0.39, 0.29) is 16.1 Å². The molecule has 4 heterocycles. The molecule has 3 aromatic carbocycles. The van der Waals surface area contributed by atoms with E-state index in [1.165, 1.54) is 31.6 Å². The van der Waals surface area contributed by atoms with Gasteiger partial charge in [-0.1, -0.05) is 12.1 Å². The molecular weight excluding hydrogens is 644 g/mol. The lowest BCUT2D eigenvalue weighted by molar-refractivity contribution is -0.127. The number of hydrogen-bond acceptors (Lipinski definition) is 11. The largest absolute Gasteiger partial charge is 0.497 e. The van der Waals surface area contributed by atoms with E-state index in [9.17, 15) is 13.7 Å². The van der Waals surface area contributed by atoms with Gasteiger partial charge in [-0.2, -0.15) is 5.26 Å². The van der Waals surface area contributed by atoms with E-state index in [1.807, 2.05) is 23.1 Å². The van der Waals surface area contributed by atoms with Gasteiger partial charge < -0.3 is 18.8 Å². The van der Waals surface area contributed by atoms with Crippen LogP contribution in [-0.4, -0.2) is 88.0 Å². The molecule has 0 radical (unpaired) electrons. The minimum absolute atomic E-state index is 0.0760. The minimum atomic E-state index is -4.45. The lowest BCUT2D eigenvalue weighted by atomic mass is 9.80. The molecule has 49 heavy (non-hydrogen) atoms. The van der Waals surface area contributed by atoms with Crippen LogP contribution in [0.25, 0.3) is 0 Å². The van der Waals surface area contributed by atoms with Crippen LogP contribution in [-0.2, 0) is 26.9 Å². The van der Waals surface area contributed by atoms with Crippen molar-refractivity contribution in [1.82, 2.24) is 19.7 Å². The van der Waals surface area contributed by atoms with Crippen LogP contribution in [0.3, 0.4) is 0 Å². The maximum atomic E-state index is 15.5. The number of likely N-dealkylation sites (tertiary alicyclic amines) is 1. The predicted molar refractivity (Wildman–Crippen MR) is 181 cm³/mol. The smallest absolute Gasteiger partial charge is 0.271 e. The molecule has 1 unspecified atom stereocenters. The molecule has 2 fully saturated rings. The number of amides is 1. The van der Waals surface area contributed by atoms with Crippen LogP contribution in [0.1, 0.15) is 47.0 Å². The molecule has 254 valence electrons. The molecule has 12 nitrogen and oxygen atoms in total. The van der Waals surface area contributed by atoms with Gasteiger partial charge in [0.1, 0.15) is 17.8 Å². The number of nitriles is 1. The number of aromatic nitrogens is 1. The van der Waals surface area contributed by atoms with E-state index < -0.39 is 27.5 Å². The molecule has 1 aromatic heterocycles. The third kappa shape index (κ3) is 5.45. The van der Waals surface area contributed by atoms with Crippen molar-refractivity contribution in [2.24, 2.45) is 0 Å². The maximum Gasteiger partial charge on any atom is 0.271 e. The molecule has 1 amide bonds. The van der Waals surface area contributed by atoms with Crippen LogP contribution >= 0.6 is 0 Å². The van der Waals surface area contributed by atoms with Crippen molar-refractivity contribution in [2.45, 2.75) is 35.9 Å². The Balaban J connectivity index is 1.45. The molecule has 0 aliphatic carbocycles. The first kappa shape index (κ1) is 32.8. The van der Waals surface area contributed by atoms with Gasteiger partial charge in [0.05, 0.1) is 48.7 Å². The highest BCUT2D eigenvalue weighted by atomic mass is 32.2. The number of carbonyl (C=O) groups excluding carboxylic acids is 1. The number of likely N-dealkylation sites (N-methyl/N-ethyl adjacent to an activating group) is 1. The normalized spacial score (nSPS) is 21.9.